The summed E-state index contributed by atoms with van der Waals surface area (Å²) in [5, 5.41) is 0. The summed E-state index contributed by atoms with van der Waals surface area (Å²) in [4.78, 5) is 12.1. The summed E-state index contributed by atoms with van der Waals surface area (Å²) >= 11 is 0. The van der Waals surface area contributed by atoms with Crippen molar-refractivity contribution in [1.82, 2.24) is 14.9 Å². The van der Waals surface area contributed by atoms with E-state index in [0.29, 0.717) is 24.7 Å². The summed E-state index contributed by atoms with van der Waals surface area (Å²) in [7, 11) is 0. The zero-order valence-corrected chi connectivity index (χ0v) is 13.1. The van der Waals surface area contributed by atoms with E-state index in [1.54, 1.807) is 6.92 Å². The Kier molecular flexibility index (Phi) is 4.72. The average molecular weight is 330 g/mol. The van der Waals surface area contributed by atoms with Crippen molar-refractivity contribution in [3.05, 3.63) is 17.5 Å². The van der Waals surface area contributed by atoms with E-state index < -0.39 is 11.9 Å². The van der Waals surface area contributed by atoms with Crippen LogP contribution >= 0.6 is 0 Å². The van der Waals surface area contributed by atoms with E-state index in [0.717, 1.165) is 45.3 Å². The van der Waals surface area contributed by atoms with Crippen LogP contribution in [0, 0.1) is 12.8 Å². The number of halogens is 3. The quantitative estimate of drug-likeness (QED) is 0.847. The van der Waals surface area contributed by atoms with Crippen molar-refractivity contribution in [3.8, 4) is 0 Å². The van der Waals surface area contributed by atoms with Gasteiger partial charge in [0.1, 0.15) is 5.69 Å². The molecule has 0 saturated carbocycles. The molecular formula is C15H21F3N4O. The van der Waals surface area contributed by atoms with Crippen LogP contribution in [-0.4, -0.2) is 60.8 Å². The fraction of sp³-hybridized carbons (Fsp3) is 0.733. The number of anilines is 1. The predicted octanol–water partition coefficient (Wildman–Crippen LogP) is 1.96. The van der Waals surface area contributed by atoms with Gasteiger partial charge in [0.2, 0.25) is 5.95 Å². The molecule has 2 saturated heterocycles. The highest BCUT2D eigenvalue weighted by molar-refractivity contribution is 5.34. The van der Waals surface area contributed by atoms with Crippen LogP contribution in [0.1, 0.15) is 17.8 Å². The third-order valence-corrected chi connectivity index (χ3v) is 4.32. The first-order chi connectivity index (χ1) is 10.9. The molecule has 0 aliphatic carbocycles. The Labute approximate surface area is 133 Å². The smallest absolute Gasteiger partial charge is 0.379 e. The molecule has 3 rings (SSSR count). The van der Waals surface area contributed by atoms with Crippen molar-refractivity contribution < 1.29 is 17.9 Å². The van der Waals surface area contributed by atoms with Crippen LogP contribution in [0.25, 0.3) is 0 Å². The van der Waals surface area contributed by atoms with Crippen molar-refractivity contribution in [2.45, 2.75) is 19.5 Å². The Morgan fingerprint density at radius 3 is 2.65 bits per heavy atom. The molecule has 2 aliphatic rings. The summed E-state index contributed by atoms with van der Waals surface area (Å²) < 4.78 is 44.0. The van der Waals surface area contributed by atoms with Crippen molar-refractivity contribution in [3.63, 3.8) is 0 Å². The highest BCUT2D eigenvalue weighted by Crippen LogP contribution is 2.30. The number of alkyl halides is 3. The first-order valence-electron chi connectivity index (χ1n) is 7.90. The molecule has 1 unspecified atom stereocenters. The van der Waals surface area contributed by atoms with Crippen LogP contribution in [0.2, 0.25) is 0 Å². The summed E-state index contributed by atoms with van der Waals surface area (Å²) in [6.07, 6.45) is -3.48. The predicted molar refractivity (Wildman–Crippen MR) is 79.4 cm³/mol. The summed E-state index contributed by atoms with van der Waals surface area (Å²) in [6.45, 7) is 7.30. The van der Waals surface area contributed by atoms with Gasteiger partial charge in [-0.25, -0.2) is 9.97 Å². The minimum absolute atomic E-state index is 0.196. The second-order valence-electron chi connectivity index (χ2n) is 6.21. The van der Waals surface area contributed by atoms with E-state index in [2.05, 4.69) is 14.9 Å². The van der Waals surface area contributed by atoms with Crippen LogP contribution in [0.15, 0.2) is 6.07 Å². The summed E-state index contributed by atoms with van der Waals surface area (Å²) in [6, 6.07) is 0.991. The normalized spacial score (nSPS) is 23.5. The summed E-state index contributed by atoms with van der Waals surface area (Å²) in [5.74, 6) is 0.633. The van der Waals surface area contributed by atoms with Crippen molar-refractivity contribution in [1.29, 1.82) is 0 Å². The third-order valence-electron chi connectivity index (χ3n) is 4.32. The van der Waals surface area contributed by atoms with Crippen LogP contribution in [0.5, 0.6) is 0 Å². The lowest BCUT2D eigenvalue weighted by Gasteiger charge is -2.29. The van der Waals surface area contributed by atoms with Crippen LogP contribution in [0.3, 0.4) is 0 Å². The van der Waals surface area contributed by atoms with E-state index in [4.69, 9.17) is 4.74 Å². The largest absolute Gasteiger partial charge is 0.433 e. The molecule has 3 heterocycles. The third kappa shape index (κ3) is 4.11. The highest BCUT2D eigenvalue weighted by Gasteiger charge is 2.35. The van der Waals surface area contributed by atoms with Crippen molar-refractivity contribution >= 4 is 5.95 Å². The minimum atomic E-state index is -4.44. The first-order valence-corrected chi connectivity index (χ1v) is 7.90. The molecule has 23 heavy (non-hydrogen) atoms. The number of nitrogens with zero attached hydrogens (tertiary/aromatic N) is 4. The number of hydrogen-bond donors (Lipinski definition) is 0. The number of rotatable bonds is 3. The molecule has 8 heteroatoms. The Morgan fingerprint density at radius 1 is 1.22 bits per heavy atom. The lowest BCUT2D eigenvalue weighted by Crippen LogP contribution is -2.40. The number of morpholine rings is 1. The maximum atomic E-state index is 12.9. The van der Waals surface area contributed by atoms with Gasteiger partial charge < -0.3 is 9.64 Å². The maximum absolute atomic E-state index is 12.9. The molecule has 1 aromatic rings. The SMILES string of the molecule is Cc1cc(C(F)(F)F)nc(N2CCC(CN3CCOCC3)C2)n1. The molecule has 0 amide bonds. The first kappa shape index (κ1) is 16.4. The van der Waals surface area contributed by atoms with Crippen LogP contribution < -0.4 is 4.90 Å². The van der Waals surface area contributed by atoms with Crippen molar-refractivity contribution in [2.75, 3.05) is 50.8 Å². The molecule has 128 valence electrons. The lowest BCUT2D eigenvalue weighted by molar-refractivity contribution is -0.141. The molecule has 0 spiro atoms. The molecule has 1 aromatic heterocycles. The van der Waals surface area contributed by atoms with Gasteiger partial charge in [0.15, 0.2) is 0 Å². The van der Waals surface area contributed by atoms with E-state index in [1.807, 2.05) is 4.90 Å². The van der Waals surface area contributed by atoms with E-state index in [1.165, 1.54) is 0 Å². The molecule has 2 aliphatic heterocycles. The molecule has 0 N–H and O–H groups in total. The van der Waals surface area contributed by atoms with Gasteiger partial charge in [0, 0.05) is 38.4 Å². The highest BCUT2D eigenvalue weighted by atomic mass is 19.4. The Morgan fingerprint density at radius 2 is 1.96 bits per heavy atom. The van der Waals surface area contributed by atoms with Crippen LogP contribution in [0.4, 0.5) is 19.1 Å². The van der Waals surface area contributed by atoms with Crippen molar-refractivity contribution in [2.24, 2.45) is 5.92 Å². The topological polar surface area (TPSA) is 41.5 Å². The number of hydrogen-bond acceptors (Lipinski definition) is 5. The fourth-order valence-corrected chi connectivity index (χ4v) is 3.15. The van der Waals surface area contributed by atoms with Gasteiger partial charge in [-0.2, -0.15) is 13.2 Å². The van der Waals surface area contributed by atoms with Gasteiger partial charge >= 0.3 is 6.18 Å². The Balaban J connectivity index is 1.65. The Hall–Kier alpha value is -1.41. The summed E-state index contributed by atoms with van der Waals surface area (Å²) in [5.41, 5.74) is -0.518. The molecule has 5 nitrogen and oxygen atoms in total. The number of aryl methyl sites for hydroxylation is 1. The van der Waals surface area contributed by atoms with Crippen LogP contribution in [-0.2, 0) is 10.9 Å². The van der Waals surface area contributed by atoms with Gasteiger partial charge in [0.25, 0.3) is 0 Å². The van der Waals surface area contributed by atoms with E-state index >= 15 is 0 Å². The second-order valence-corrected chi connectivity index (χ2v) is 6.21. The molecule has 0 aromatic carbocycles. The zero-order valence-electron chi connectivity index (χ0n) is 13.1. The number of ether oxygens (including phenoxy) is 1. The molecular weight excluding hydrogens is 309 g/mol. The zero-order chi connectivity index (χ0) is 16.4. The second kappa shape index (κ2) is 6.60. The molecule has 0 bridgehead atoms. The molecule has 1 atom stereocenters. The number of aromatic nitrogens is 2. The van der Waals surface area contributed by atoms with E-state index in [9.17, 15) is 13.2 Å². The lowest BCUT2D eigenvalue weighted by atomic mass is 10.1. The maximum Gasteiger partial charge on any atom is 0.433 e. The van der Waals surface area contributed by atoms with Gasteiger partial charge in [0.05, 0.1) is 13.2 Å². The van der Waals surface area contributed by atoms with Gasteiger partial charge in [-0.05, 0) is 25.3 Å². The molecule has 0 radical (unpaired) electrons. The fourth-order valence-electron chi connectivity index (χ4n) is 3.15. The molecule has 2 fully saturated rings. The van der Waals surface area contributed by atoms with Gasteiger partial charge in [-0.1, -0.05) is 0 Å². The monoisotopic (exact) mass is 330 g/mol. The average Bonchev–Trinajstić information content (AvgIpc) is 2.95. The minimum Gasteiger partial charge on any atom is -0.379 e. The van der Waals surface area contributed by atoms with E-state index in [-0.39, 0.29) is 5.95 Å². The Bertz CT molecular complexity index is 546. The van der Waals surface area contributed by atoms with Gasteiger partial charge in [-0.15, -0.1) is 0 Å². The van der Waals surface area contributed by atoms with Gasteiger partial charge in [-0.3, -0.25) is 4.90 Å². The standard InChI is InChI=1S/C15H21F3N4O/c1-11-8-13(15(16,17)18)20-14(19-11)22-3-2-12(10-22)9-21-4-6-23-7-5-21/h8,12H,2-7,9-10H2,1H3.